The summed E-state index contributed by atoms with van der Waals surface area (Å²) in [5, 5.41) is 3.47. The Morgan fingerprint density at radius 3 is 2.43 bits per heavy atom. The molecule has 3 aromatic rings. The number of hydrogen-bond donors (Lipinski definition) is 1. The minimum atomic E-state index is -0.230. The van der Waals surface area contributed by atoms with E-state index in [-0.39, 0.29) is 18.4 Å². The van der Waals surface area contributed by atoms with E-state index in [1.165, 1.54) is 11.8 Å². The number of aryl methyl sites for hydroxylation is 1. The average Bonchev–Trinajstić information content (AvgIpc) is 3.18. The van der Waals surface area contributed by atoms with E-state index in [0.29, 0.717) is 22.4 Å². The molecule has 0 aliphatic carbocycles. The van der Waals surface area contributed by atoms with Crippen molar-refractivity contribution in [3.63, 3.8) is 0 Å². The Labute approximate surface area is 209 Å². The molecular formula is C28H27N3O3S. The summed E-state index contributed by atoms with van der Waals surface area (Å²) in [6, 6.07) is 24.5. The molecule has 2 amide bonds. The predicted octanol–water partition coefficient (Wildman–Crippen LogP) is 5.89. The van der Waals surface area contributed by atoms with Crippen molar-refractivity contribution in [3.05, 3.63) is 94.9 Å². The quantitative estimate of drug-likeness (QED) is 0.404. The Bertz CT molecular complexity index is 1250. The average molecular weight is 486 g/mol. The number of hydrogen-bond acceptors (Lipinski definition) is 5. The first-order valence-electron chi connectivity index (χ1n) is 11.5. The lowest BCUT2D eigenvalue weighted by molar-refractivity contribution is -0.122. The molecule has 0 atom stereocenters. The fraction of sp³-hybridized carbons (Fsp3) is 0.179. The van der Waals surface area contributed by atoms with Gasteiger partial charge in [0.25, 0.3) is 11.8 Å². The van der Waals surface area contributed by atoms with Gasteiger partial charge in [0, 0.05) is 12.2 Å². The third kappa shape index (κ3) is 6.19. The number of carbonyl (C=O) groups is 2. The molecule has 6 nitrogen and oxygen atoms in total. The first-order valence-corrected chi connectivity index (χ1v) is 12.3. The molecule has 1 heterocycles. The summed E-state index contributed by atoms with van der Waals surface area (Å²) in [5.74, 6) is 0.295. The Morgan fingerprint density at radius 1 is 1.00 bits per heavy atom. The number of nitrogens with one attached hydrogen (secondary N) is 1. The molecule has 35 heavy (non-hydrogen) atoms. The summed E-state index contributed by atoms with van der Waals surface area (Å²) >= 11 is 1.38. The molecule has 0 spiro atoms. The van der Waals surface area contributed by atoms with Crippen molar-refractivity contribution in [2.24, 2.45) is 4.99 Å². The van der Waals surface area contributed by atoms with Gasteiger partial charge in [0.2, 0.25) is 0 Å². The van der Waals surface area contributed by atoms with E-state index in [0.717, 1.165) is 28.9 Å². The number of amides is 2. The van der Waals surface area contributed by atoms with Gasteiger partial charge in [-0.1, -0.05) is 55.5 Å². The van der Waals surface area contributed by atoms with Crippen LogP contribution in [-0.4, -0.2) is 35.0 Å². The number of rotatable bonds is 8. The number of nitrogens with zero attached hydrogens (tertiary/aromatic N) is 2. The number of aliphatic imine (C=N–C) groups is 1. The van der Waals surface area contributed by atoms with Gasteiger partial charge in [-0.25, -0.2) is 4.99 Å². The van der Waals surface area contributed by atoms with Crippen LogP contribution < -0.4 is 10.1 Å². The van der Waals surface area contributed by atoms with Gasteiger partial charge >= 0.3 is 0 Å². The first kappa shape index (κ1) is 24.3. The number of carbonyl (C=O) groups excluding carboxylic acids is 2. The van der Waals surface area contributed by atoms with Gasteiger partial charge in [-0.05, 0) is 72.6 Å². The number of anilines is 1. The van der Waals surface area contributed by atoms with Crippen molar-refractivity contribution in [2.75, 3.05) is 18.5 Å². The maximum Gasteiger partial charge on any atom is 0.266 e. The molecule has 1 saturated heterocycles. The lowest BCUT2D eigenvalue weighted by atomic mass is 10.1. The van der Waals surface area contributed by atoms with Crippen molar-refractivity contribution in [3.8, 4) is 5.75 Å². The van der Waals surface area contributed by atoms with Crippen molar-refractivity contribution >= 4 is 46.2 Å². The van der Waals surface area contributed by atoms with Crippen LogP contribution in [0.5, 0.6) is 5.75 Å². The third-order valence-electron chi connectivity index (χ3n) is 5.40. The predicted molar refractivity (Wildman–Crippen MR) is 143 cm³/mol. The summed E-state index contributed by atoms with van der Waals surface area (Å²) in [6.07, 6.45) is 2.73. The summed E-state index contributed by atoms with van der Waals surface area (Å²) in [4.78, 5) is 32.2. The number of likely N-dealkylation sites (N-methyl/N-ethyl adjacent to an activating group) is 1. The van der Waals surface area contributed by atoms with Gasteiger partial charge in [-0.15, -0.1) is 0 Å². The molecule has 0 saturated carbocycles. The number of thioether (sulfide) groups is 1. The molecule has 3 aromatic carbocycles. The summed E-state index contributed by atoms with van der Waals surface area (Å²) < 4.78 is 5.59. The van der Waals surface area contributed by atoms with Crippen LogP contribution in [0.1, 0.15) is 25.0 Å². The van der Waals surface area contributed by atoms with E-state index in [4.69, 9.17) is 9.73 Å². The summed E-state index contributed by atoms with van der Waals surface area (Å²) in [5.41, 5.74) is 3.63. The van der Waals surface area contributed by atoms with Crippen LogP contribution in [0.25, 0.3) is 6.08 Å². The van der Waals surface area contributed by atoms with Gasteiger partial charge in [0.05, 0.1) is 10.6 Å². The summed E-state index contributed by atoms with van der Waals surface area (Å²) in [6.45, 7) is 4.50. The number of ether oxygens (including phenoxy) is 1. The lowest BCUT2D eigenvalue weighted by Crippen LogP contribution is -2.28. The topological polar surface area (TPSA) is 71.0 Å². The Hall–Kier alpha value is -3.84. The highest BCUT2D eigenvalue weighted by Gasteiger charge is 2.32. The molecule has 0 radical (unpaired) electrons. The van der Waals surface area contributed by atoms with Crippen LogP contribution >= 0.6 is 11.8 Å². The smallest absolute Gasteiger partial charge is 0.266 e. The molecule has 4 rings (SSSR count). The standard InChI is InChI=1S/C28H27N3O3S/c1-3-21-10-8-9-13-24(21)30-28-31(4-2)27(33)25(35-28)18-20-14-16-23(17-15-20)34-19-26(32)29-22-11-6-5-7-12-22/h5-18H,3-4,19H2,1-2H3,(H,29,32)/b25-18+,30-28?. The van der Waals surface area contributed by atoms with Crippen molar-refractivity contribution in [1.82, 2.24) is 4.90 Å². The zero-order valence-electron chi connectivity index (χ0n) is 19.7. The largest absolute Gasteiger partial charge is 0.484 e. The molecule has 1 aliphatic heterocycles. The maximum atomic E-state index is 13.0. The fourth-order valence-electron chi connectivity index (χ4n) is 3.57. The third-order valence-corrected chi connectivity index (χ3v) is 6.40. The van der Waals surface area contributed by atoms with Crippen molar-refractivity contribution < 1.29 is 14.3 Å². The van der Waals surface area contributed by atoms with E-state index < -0.39 is 0 Å². The second-order valence-corrected chi connectivity index (χ2v) is 8.82. The molecule has 1 aliphatic rings. The summed E-state index contributed by atoms with van der Waals surface area (Å²) in [7, 11) is 0. The maximum absolute atomic E-state index is 13.0. The minimum absolute atomic E-state index is 0.0526. The van der Waals surface area contributed by atoms with Crippen LogP contribution in [0, 0.1) is 0 Å². The molecule has 0 unspecified atom stereocenters. The van der Waals surface area contributed by atoms with Crippen LogP contribution in [0.2, 0.25) is 0 Å². The highest BCUT2D eigenvalue weighted by Crippen LogP contribution is 2.35. The van der Waals surface area contributed by atoms with E-state index in [9.17, 15) is 9.59 Å². The van der Waals surface area contributed by atoms with Crippen LogP contribution in [0.4, 0.5) is 11.4 Å². The van der Waals surface area contributed by atoms with E-state index in [2.05, 4.69) is 18.3 Å². The molecule has 0 aromatic heterocycles. The monoisotopic (exact) mass is 485 g/mol. The van der Waals surface area contributed by atoms with Crippen molar-refractivity contribution in [1.29, 1.82) is 0 Å². The Kier molecular flexibility index (Phi) is 8.00. The highest BCUT2D eigenvalue weighted by molar-refractivity contribution is 8.18. The van der Waals surface area contributed by atoms with Gasteiger partial charge in [0.15, 0.2) is 11.8 Å². The molecule has 0 bridgehead atoms. The molecule has 178 valence electrons. The highest BCUT2D eigenvalue weighted by atomic mass is 32.2. The molecule has 7 heteroatoms. The number of benzene rings is 3. The van der Waals surface area contributed by atoms with Gasteiger partial charge < -0.3 is 10.1 Å². The molecule has 1 fully saturated rings. The first-order chi connectivity index (χ1) is 17.1. The van der Waals surface area contributed by atoms with Crippen LogP contribution in [0.15, 0.2) is 88.8 Å². The Balaban J connectivity index is 1.42. The van der Waals surface area contributed by atoms with E-state index >= 15 is 0 Å². The molecule has 1 N–H and O–H groups in total. The number of para-hydroxylation sites is 2. The van der Waals surface area contributed by atoms with Gasteiger partial charge in [-0.2, -0.15) is 0 Å². The van der Waals surface area contributed by atoms with Crippen LogP contribution in [-0.2, 0) is 16.0 Å². The SMILES string of the molecule is CCc1ccccc1N=C1S/C(=C/c2ccc(OCC(=O)Nc3ccccc3)cc2)C(=O)N1CC. The lowest BCUT2D eigenvalue weighted by Gasteiger charge is -2.12. The second-order valence-electron chi connectivity index (χ2n) is 7.81. The van der Waals surface area contributed by atoms with Gasteiger partial charge in [0.1, 0.15) is 5.75 Å². The van der Waals surface area contributed by atoms with E-state index in [1.807, 2.05) is 73.7 Å². The fourth-order valence-corrected chi connectivity index (χ4v) is 4.63. The van der Waals surface area contributed by atoms with E-state index in [1.54, 1.807) is 17.0 Å². The zero-order chi connectivity index (χ0) is 24.6. The van der Waals surface area contributed by atoms with Crippen molar-refractivity contribution in [2.45, 2.75) is 20.3 Å². The minimum Gasteiger partial charge on any atom is -0.484 e. The Morgan fingerprint density at radius 2 is 1.71 bits per heavy atom. The second kappa shape index (κ2) is 11.5. The normalized spacial score (nSPS) is 15.6. The zero-order valence-corrected chi connectivity index (χ0v) is 20.5. The van der Waals surface area contributed by atoms with Crippen LogP contribution in [0.3, 0.4) is 0 Å². The number of amidine groups is 1. The van der Waals surface area contributed by atoms with Gasteiger partial charge in [-0.3, -0.25) is 14.5 Å². The molecular weight excluding hydrogens is 458 g/mol.